The zero-order valence-corrected chi connectivity index (χ0v) is 16.4. The van der Waals surface area contributed by atoms with E-state index in [4.69, 9.17) is 4.74 Å². The van der Waals surface area contributed by atoms with Crippen molar-refractivity contribution in [2.75, 3.05) is 38.5 Å². The number of amides is 2. The van der Waals surface area contributed by atoms with Crippen molar-refractivity contribution in [3.63, 3.8) is 0 Å². The molecule has 4 heterocycles. The Morgan fingerprint density at radius 2 is 2.00 bits per heavy atom. The lowest BCUT2D eigenvalue weighted by Gasteiger charge is -2.47. The van der Waals surface area contributed by atoms with Gasteiger partial charge in [-0.2, -0.15) is 5.10 Å². The van der Waals surface area contributed by atoms with Gasteiger partial charge in [-0.25, -0.2) is 0 Å². The van der Waals surface area contributed by atoms with Gasteiger partial charge in [-0.05, 0) is 38.5 Å². The van der Waals surface area contributed by atoms with Crippen LogP contribution in [0.2, 0.25) is 0 Å². The highest BCUT2D eigenvalue weighted by atomic mass is 32.2. The standard InChI is InChI=1S/C19H26N4O3S/c24-16(22-6-1-2-7-22)9-26-13-8-19(27-10-13)11-23(12-19)18(25)17-14-4-3-5-15(14)20-21-17/h13H,1-12H2,(H,20,21). The number of fused-ring (bicyclic) bond motifs is 1. The van der Waals surface area contributed by atoms with Gasteiger partial charge in [0.2, 0.25) is 5.91 Å². The molecule has 8 heteroatoms. The summed E-state index contributed by atoms with van der Waals surface area (Å²) in [6.45, 7) is 3.47. The van der Waals surface area contributed by atoms with E-state index in [1.807, 2.05) is 21.6 Å². The number of nitrogens with one attached hydrogen (secondary N) is 1. The van der Waals surface area contributed by atoms with Gasteiger partial charge >= 0.3 is 0 Å². The fourth-order valence-electron chi connectivity index (χ4n) is 4.82. The number of aromatic nitrogens is 2. The van der Waals surface area contributed by atoms with Gasteiger partial charge in [0.05, 0.1) is 10.9 Å². The second-order valence-electron chi connectivity index (χ2n) is 8.26. The average Bonchev–Trinajstić information content (AvgIpc) is 3.41. The van der Waals surface area contributed by atoms with Gasteiger partial charge in [0.15, 0.2) is 5.69 Å². The second-order valence-corrected chi connectivity index (χ2v) is 9.75. The summed E-state index contributed by atoms with van der Waals surface area (Å²) in [5, 5.41) is 7.30. The van der Waals surface area contributed by atoms with Crippen LogP contribution in [-0.2, 0) is 22.4 Å². The monoisotopic (exact) mass is 390 g/mol. The smallest absolute Gasteiger partial charge is 0.274 e. The number of aryl methyl sites for hydroxylation is 1. The third kappa shape index (κ3) is 3.16. The summed E-state index contributed by atoms with van der Waals surface area (Å²) in [6, 6.07) is 0. The van der Waals surface area contributed by atoms with E-state index in [2.05, 4.69) is 10.2 Å². The molecule has 1 N–H and O–H groups in total. The van der Waals surface area contributed by atoms with Crippen molar-refractivity contribution in [3.8, 4) is 0 Å². The maximum Gasteiger partial charge on any atom is 0.274 e. The fourth-order valence-corrected chi connectivity index (χ4v) is 6.37. The first-order valence-electron chi connectivity index (χ1n) is 10.0. The highest BCUT2D eigenvalue weighted by Crippen LogP contribution is 2.46. The van der Waals surface area contributed by atoms with Crippen molar-refractivity contribution in [2.24, 2.45) is 0 Å². The molecule has 7 nitrogen and oxygen atoms in total. The molecule has 1 aliphatic carbocycles. The summed E-state index contributed by atoms with van der Waals surface area (Å²) in [6.07, 6.45) is 6.33. The summed E-state index contributed by atoms with van der Waals surface area (Å²) in [5.74, 6) is 1.10. The predicted octanol–water partition coefficient (Wildman–Crippen LogP) is 1.24. The molecule has 1 atom stereocenters. The fraction of sp³-hybridized carbons (Fsp3) is 0.737. The van der Waals surface area contributed by atoms with E-state index >= 15 is 0 Å². The van der Waals surface area contributed by atoms with E-state index in [0.717, 1.165) is 81.7 Å². The molecule has 5 rings (SSSR count). The van der Waals surface area contributed by atoms with Gasteiger partial charge in [0.1, 0.15) is 6.61 Å². The SMILES string of the molecule is O=C(COC1CSC2(C1)CN(C(=O)c1n[nH]c3c1CCC3)C2)N1CCCC1. The molecule has 146 valence electrons. The number of rotatable bonds is 4. The van der Waals surface area contributed by atoms with Crippen LogP contribution in [0.3, 0.4) is 0 Å². The van der Waals surface area contributed by atoms with Crippen LogP contribution in [0.1, 0.15) is 47.4 Å². The first kappa shape index (κ1) is 17.6. The maximum atomic E-state index is 12.8. The van der Waals surface area contributed by atoms with E-state index in [9.17, 15) is 9.59 Å². The van der Waals surface area contributed by atoms with Crippen LogP contribution in [0.4, 0.5) is 0 Å². The van der Waals surface area contributed by atoms with Crippen molar-refractivity contribution >= 4 is 23.6 Å². The molecule has 1 unspecified atom stereocenters. The summed E-state index contributed by atoms with van der Waals surface area (Å²) < 4.78 is 6.01. The van der Waals surface area contributed by atoms with Crippen LogP contribution in [0.25, 0.3) is 0 Å². The van der Waals surface area contributed by atoms with Gasteiger partial charge in [0.25, 0.3) is 5.91 Å². The maximum absolute atomic E-state index is 12.8. The molecule has 4 aliphatic rings. The number of aromatic amines is 1. The number of hydrogen-bond acceptors (Lipinski definition) is 5. The average molecular weight is 391 g/mol. The van der Waals surface area contributed by atoms with E-state index in [-0.39, 0.29) is 29.3 Å². The molecule has 3 fully saturated rings. The highest BCUT2D eigenvalue weighted by molar-refractivity contribution is 8.01. The number of thioether (sulfide) groups is 1. The molecule has 0 bridgehead atoms. The molecular formula is C19H26N4O3S. The largest absolute Gasteiger partial charge is 0.367 e. The van der Waals surface area contributed by atoms with Crippen LogP contribution in [0.15, 0.2) is 0 Å². The quantitative estimate of drug-likeness (QED) is 0.837. The predicted molar refractivity (Wildman–Crippen MR) is 102 cm³/mol. The van der Waals surface area contributed by atoms with Gasteiger partial charge in [-0.15, -0.1) is 11.8 Å². The number of H-pyrrole nitrogens is 1. The Morgan fingerprint density at radius 3 is 2.81 bits per heavy atom. The van der Waals surface area contributed by atoms with Gasteiger partial charge < -0.3 is 14.5 Å². The van der Waals surface area contributed by atoms with Crippen LogP contribution in [0.5, 0.6) is 0 Å². The summed E-state index contributed by atoms with van der Waals surface area (Å²) in [7, 11) is 0. The second kappa shape index (κ2) is 6.81. The topological polar surface area (TPSA) is 78.5 Å². The third-order valence-corrected chi connectivity index (χ3v) is 7.91. The van der Waals surface area contributed by atoms with Crippen LogP contribution < -0.4 is 0 Å². The molecule has 27 heavy (non-hydrogen) atoms. The molecule has 1 spiro atoms. The van der Waals surface area contributed by atoms with Crippen molar-refractivity contribution < 1.29 is 14.3 Å². The lowest BCUT2D eigenvalue weighted by molar-refractivity contribution is -0.136. The van der Waals surface area contributed by atoms with Crippen molar-refractivity contribution in [1.29, 1.82) is 0 Å². The number of hydrogen-bond donors (Lipinski definition) is 1. The summed E-state index contributed by atoms with van der Waals surface area (Å²) in [5.41, 5.74) is 2.89. The molecule has 2 amide bonds. The van der Waals surface area contributed by atoms with Crippen LogP contribution in [0, 0.1) is 0 Å². The van der Waals surface area contributed by atoms with Crippen molar-refractivity contribution in [3.05, 3.63) is 17.0 Å². The summed E-state index contributed by atoms with van der Waals surface area (Å²) >= 11 is 1.90. The molecule has 3 saturated heterocycles. The molecule has 1 aromatic heterocycles. The minimum atomic E-state index is 0.0641. The zero-order valence-electron chi connectivity index (χ0n) is 15.5. The number of nitrogens with zero attached hydrogens (tertiary/aromatic N) is 3. The Labute approximate surface area is 163 Å². The molecule has 3 aliphatic heterocycles. The minimum absolute atomic E-state index is 0.0641. The first-order chi connectivity index (χ1) is 13.1. The Morgan fingerprint density at radius 1 is 1.19 bits per heavy atom. The van der Waals surface area contributed by atoms with E-state index in [1.165, 1.54) is 0 Å². The lowest BCUT2D eigenvalue weighted by Crippen LogP contribution is -2.61. The number of carbonyl (C=O) groups excluding carboxylic acids is 2. The van der Waals surface area contributed by atoms with E-state index in [1.54, 1.807) is 0 Å². The molecule has 0 saturated carbocycles. The third-order valence-electron chi connectivity index (χ3n) is 6.33. The Balaban J connectivity index is 1.11. The highest BCUT2D eigenvalue weighted by Gasteiger charge is 2.51. The van der Waals surface area contributed by atoms with Crippen molar-refractivity contribution in [1.82, 2.24) is 20.0 Å². The first-order valence-corrected chi connectivity index (χ1v) is 11.0. The Kier molecular flexibility index (Phi) is 4.43. The van der Waals surface area contributed by atoms with Crippen LogP contribution in [-0.4, -0.2) is 81.2 Å². The van der Waals surface area contributed by atoms with Gasteiger partial charge in [0, 0.05) is 43.2 Å². The van der Waals surface area contributed by atoms with E-state index in [0.29, 0.717) is 5.69 Å². The van der Waals surface area contributed by atoms with Crippen LogP contribution >= 0.6 is 11.8 Å². The molecular weight excluding hydrogens is 364 g/mol. The van der Waals surface area contributed by atoms with Gasteiger partial charge in [-0.3, -0.25) is 14.7 Å². The lowest BCUT2D eigenvalue weighted by atomic mass is 9.92. The number of likely N-dealkylation sites (tertiary alicyclic amines) is 2. The number of carbonyl (C=O) groups is 2. The molecule has 0 radical (unpaired) electrons. The molecule has 0 aromatic carbocycles. The zero-order chi connectivity index (χ0) is 18.4. The Bertz CT molecular complexity index is 752. The molecule has 1 aromatic rings. The Hall–Kier alpha value is -1.54. The van der Waals surface area contributed by atoms with E-state index < -0.39 is 0 Å². The number of ether oxygens (including phenoxy) is 1. The van der Waals surface area contributed by atoms with Crippen molar-refractivity contribution in [2.45, 2.75) is 49.4 Å². The van der Waals surface area contributed by atoms with Gasteiger partial charge in [-0.1, -0.05) is 0 Å². The summed E-state index contributed by atoms with van der Waals surface area (Å²) in [4.78, 5) is 28.8. The normalized spacial score (nSPS) is 25.9. The minimum Gasteiger partial charge on any atom is -0.367 e.